The number of carbonyl (C=O) groups excluding carboxylic acids is 2. The number of furan rings is 1. The van der Waals surface area contributed by atoms with Gasteiger partial charge in [-0.2, -0.15) is 0 Å². The largest absolute Gasteiger partial charge is 0.469 e. The summed E-state index contributed by atoms with van der Waals surface area (Å²) in [5.41, 5.74) is 4.81. The van der Waals surface area contributed by atoms with Crippen LogP contribution in [0.3, 0.4) is 0 Å². The van der Waals surface area contributed by atoms with Crippen molar-refractivity contribution in [1.29, 1.82) is 0 Å². The Kier molecular flexibility index (Phi) is 5.42. The topological polar surface area (TPSA) is 84.2 Å². The van der Waals surface area contributed by atoms with Gasteiger partial charge in [-0.05, 0) is 55.7 Å². The Balaban J connectivity index is 1.59. The van der Waals surface area contributed by atoms with Gasteiger partial charge in [-0.3, -0.25) is 9.59 Å². The number of aryl methyl sites for hydroxylation is 1. The highest BCUT2D eigenvalue weighted by atomic mass is 16.3. The van der Waals surface area contributed by atoms with Crippen LogP contribution in [0.1, 0.15) is 48.5 Å². The number of allylic oxidation sites excluding steroid dienone is 3. The fourth-order valence-corrected chi connectivity index (χ4v) is 4.91. The first-order valence-electron chi connectivity index (χ1n) is 11.1. The van der Waals surface area contributed by atoms with E-state index in [0.717, 1.165) is 28.3 Å². The number of benzene rings is 1. The van der Waals surface area contributed by atoms with E-state index in [2.05, 4.69) is 15.6 Å². The molecule has 2 atom stereocenters. The third kappa shape index (κ3) is 3.89. The maximum atomic E-state index is 13.6. The average molecular weight is 440 g/mol. The first-order chi connectivity index (χ1) is 16.0. The Morgan fingerprint density at radius 2 is 1.88 bits per heavy atom. The summed E-state index contributed by atoms with van der Waals surface area (Å²) in [6.07, 6.45) is 4.28. The highest BCUT2D eigenvalue weighted by molar-refractivity contribution is 6.09. The van der Waals surface area contributed by atoms with Gasteiger partial charge in [-0.1, -0.05) is 30.3 Å². The van der Waals surface area contributed by atoms with Crippen molar-refractivity contribution in [3.8, 4) is 0 Å². The number of Topliss-reactive ketones (excluding diaryl/α,β-unsaturated/α-hetero) is 1. The van der Waals surface area contributed by atoms with E-state index in [9.17, 15) is 9.59 Å². The number of anilines is 1. The maximum absolute atomic E-state index is 13.6. The standard InChI is InChI=1S/C27H25N3O3/c1-16-8-3-4-9-19(16)25-24(27(32)30-23-11-5-6-12-28-23)17(2)29-20-14-18(15-21(31)26(20)25)22-10-7-13-33-22/h3-13,18,25,29H,14-15H2,1-2H3,(H,28,30,32). The summed E-state index contributed by atoms with van der Waals surface area (Å²) < 4.78 is 5.60. The van der Waals surface area contributed by atoms with Crippen LogP contribution in [0, 0.1) is 6.92 Å². The zero-order valence-corrected chi connectivity index (χ0v) is 18.6. The predicted molar refractivity (Wildman–Crippen MR) is 125 cm³/mol. The number of pyridine rings is 1. The van der Waals surface area contributed by atoms with Crippen molar-refractivity contribution in [2.75, 3.05) is 5.32 Å². The quantitative estimate of drug-likeness (QED) is 0.599. The van der Waals surface area contributed by atoms with Gasteiger partial charge in [-0.25, -0.2) is 4.98 Å². The molecule has 5 rings (SSSR count). The van der Waals surface area contributed by atoms with E-state index >= 15 is 0 Å². The normalized spacial score (nSPS) is 20.4. The smallest absolute Gasteiger partial charge is 0.255 e. The number of hydrogen-bond donors (Lipinski definition) is 2. The molecular formula is C27H25N3O3. The first kappa shape index (κ1) is 20.9. The SMILES string of the molecule is CC1=C(C(=O)Nc2ccccn2)C(c2ccccc2C)C2=C(CC(c3ccco3)CC2=O)N1. The molecule has 0 bridgehead atoms. The zero-order valence-electron chi connectivity index (χ0n) is 18.6. The molecule has 0 fully saturated rings. The van der Waals surface area contributed by atoms with E-state index < -0.39 is 5.92 Å². The molecule has 1 aliphatic heterocycles. The second-order valence-corrected chi connectivity index (χ2v) is 8.56. The lowest BCUT2D eigenvalue weighted by Gasteiger charge is -2.37. The van der Waals surface area contributed by atoms with Crippen molar-refractivity contribution in [2.24, 2.45) is 0 Å². The molecule has 0 radical (unpaired) electrons. The van der Waals surface area contributed by atoms with Crippen LogP contribution in [0.15, 0.2) is 94.0 Å². The number of nitrogens with zero attached hydrogens (tertiary/aromatic N) is 1. The molecule has 1 aromatic carbocycles. The van der Waals surface area contributed by atoms with E-state index in [4.69, 9.17) is 4.42 Å². The van der Waals surface area contributed by atoms with Gasteiger partial charge in [0, 0.05) is 47.0 Å². The summed E-state index contributed by atoms with van der Waals surface area (Å²) in [4.78, 5) is 31.3. The molecule has 0 saturated heterocycles. The van der Waals surface area contributed by atoms with Gasteiger partial charge in [0.2, 0.25) is 0 Å². The molecule has 3 heterocycles. The summed E-state index contributed by atoms with van der Waals surface area (Å²) in [5, 5.41) is 6.30. The Morgan fingerprint density at radius 3 is 2.61 bits per heavy atom. The minimum absolute atomic E-state index is 0.0204. The number of aromatic nitrogens is 1. The molecule has 2 N–H and O–H groups in total. The number of amides is 1. The zero-order chi connectivity index (χ0) is 22.9. The van der Waals surface area contributed by atoms with Crippen molar-refractivity contribution in [2.45, 2.75) is 38.5 Å². The first-order valence-corrected chi connectivity index (χ1v) is 11.1. The fourth-order valence-electron chi connectivity index (χ4n) is 4.91. The minimum Gasteiger partial charge on any atom is -0.469 e. The molecule has 1 aliphatic carbocycles. The van der Waals surface area contributed by atoms with Gasteiger partial charge >= 0.3 is 0 Å². The molecule has 0 saturated carbocycles. The van der Waals surface area contributed by atoms with Crippen molar-refractivity contribution in [3.63, 3.8) is 0 Å². The third-order valence-corrected chi connectivity index (χ3v) is 6.42. The van der Waals surface area contributed by atoms with Crippen molar-refractivity contribution in [3.05, 3.63) is 106 Å². The second-order valence-electron chi connectivity index (χ2n) is 8.56. The number of dihydropyridines is 1. The molecule has 33 heavy (non-hydrogen) atoms. The van der Waals surface area contributed by atoms with E-state index in [-0.39, 0.29) is 17.6 Å². The lowest BCUT2D eigenvalue weighted by atomic mass is 9.71. The van der Waals surface area contributed by atoms with E-state index in [1.54, 1.807) is 24.6 Å². The Labute approximate surface area is 192 Å². The molecule has 2 unspecified atom stereocenters. The summed E-state index contributed by atoms with van der Waals surface area (Å²) in [7, 11) is 0. The number of ketones is 1. The number of hydrogen-bond acceptors (Lipinski definition) is 5. The van der Waals surface area contributed by atoms with E-state index in [0.29, 0.717) is 29.8 Å². The van der Waals surface area contributed by atoms with Crippen molar-refractivity contribution >= 4 is 17.5 Å². The van der Waals surface area contributed by atoms with Gasteiger partial charge < -0.3 is 15.1 Å². The molecule has 2 aromatic heterocycles. The van der Waals surface area contributed by atoms with Crippen LogP contribution in [-0.2, 0) is 9.59 Å². The van der Waals surface area contributed by atoms with Crippen LogP contribution >= 0.6 is 0 Å². The van der Waals surface area contributed by atoms with E-state index in [1.165, 1.54) is 0 Å². The van der Waals surface area contributed by atoms with Crippen LogP contribution < -0.4 is 10.6 Å². The Bertz CT molecular complexity index is 1270. The molecular weight excluding hydrogens is 414 g/mol. The van der Waals surface area contributed by atoms with Gasteiger partial charge in [0.05, 0.1) is 6.26 Å². The molecule has 2 aliphatic rings. The summed E-state index contributed by atoms with van der Waals surface area (Å²) in [5.74, 6) is 0.584. The van der Waals surface area contributed by atoms with Crippen LogP contribution in [-0.4, -0.2) is 16.7 Å². The van der Waals surface area contributed by atoms with Gasteiger partial charge in [-0.15, -0.1) is 0 Å². The predicted octanol–water partition coefficient (Wildman–Crippen LogP) is 4.98. The lowest BCUT2D eigenvalue weighted by Crippen LogP contribution is -2.37. The highest BCUT2D eigenvalue weighted by Gasteiger charge is 2.41. The van der Waals surface area contributed by atoms with Crippen molar-refractivity contribution < 1.29 is 14.0 Å². The van der Waals surface area contributed by atoms with Crippen LogP contribution in [0.2, 0.25) is 0 Å². The summed E-state index contributed by atoms with van der Waals surface area (Å²) in [6.45, 7) is 3.91. The highest BCUT2D eigenvalue weighted by Crippen LogP contribution is 2.46. The van der Waals surface area contributed by atoms with Gasteiger partial charge in [0.1, 0.15) is 11.6 Å². The Hall–Kier alpha value is -3.93. The van der Waals surface area contributed by atoms with E-state index in [1.807, 2.05) is 56.3 Å². The van der Waals surface area contributed by atoms with Gasteiger partial charge in [0.15, 0.2) is 5.78 Å². The minimum atomic E-state index is -0.448. The fraction of sp³-hybridized carbons (Fsp3) is 0.222. The number of carbonyl (C=O) groups is 2. The molecule has 3 aromatic rings. The van der Waals surface area contributed by atoms with Crippen LogP contribution in [0.5, 0.6) is 0 Å². The monoisotopic (exact) mass is 439 g/mol. The number of rotatable bonds is 4. The van der Waals surface area contributed by atoms with Crippen molar-refractivity contribution in [1.82, 2.24) is 10.3 Å². The third-order valence-electron chi connectivity index (χ3n) is 6.42. The number of nitrogens with one attached hydrogen (secondary N) is 2. The molecule has 0 spiro atoms. The van der Waals surface area contributed by atoms with Crippen LogP contribution in [0.25, 0.3) is 0 Å². The molecule has 6 nitrogen and oxygen atoms in total. The molecule has 1 amide bonds. The average Bonchev–Trinajstić information content (AvgIpc) is 3.34. The maximum Gasteiger partial charge on any atom is 0.255 e. The lowest BCUT2D eigenvalue weighted by molar-refractivity contribution is -0.116. The second kappa shape index (κ2) is 8.54. The summed E-state index contributed by atoms with van der Waals surface area (Å²) >= 11 is 0. The Morgan fingerprint density at radius 1 is 1.06 bits per heavy atom. The molecule has 166 valence electrons. The van der Waals surface area contributed by atoms with Gasteiger partial charge in [0.25, 0.3) is 5.91 Å². The van der Waals surface area contributed by atoms with Crippen LogP contribution in [0.4, 0.5) is 5.82 Å². The summed E-state index contributed by atoms with van der Waals surface area (Å²) in [6, 6.07) is 17.1. The molecule has 6 heteroatoms.